The summed E-state index contributed by atoms with van der Waals surface area (Å²) in [6.07, 6.45) is 0. The van der Waals surface area contributed by atoms with Gasteiger partial charge in [0.25, 0.3) is 5.89 Å². The molecule has 2 aromatic rings. The Labute approximate surface area is 141 Å². The van der Waals surface area contributed by atoms with Crippen LogP contribution in [0.5, 0.6) is 0 Å². The third-order valence-electron chi connectivity index (χ3n) is 3.58. The molecule has 1 amide bonds. The van der Waals surface area contributed by atoms with Crippen LogP contribution in [0.3, 0.4) is 0 Å². The molecule has 2 rings (SSSR count). The minimum Gasteiger partial charge on any atom is -0.342 e. The van der Waals surface area contributed by atoms with Crippen LogP contribution in [0.25, 0.3) is 11.5 Å². The molecule has 1 heterocycles. The summed E-state index contributed by atoms with van der Waals surface area (Å²) < 4.78 is 29.4. The van der Waals surface area contributed by atoms with Gasteiger partial charge in [-0.15, -0.1) is 0 Å². The molecular formula is C16H21N3O4S. The number of hydrogen-bond acceptors (Lipinski definition) is 6. The van der Waals surface area contributed by atoms with Crippen LogP contribution in [0.1, 0.15) is 25.2 Å². The van der Waals surface area contributed by atoms with E-state index in [4.69, 9.17) is 4.52 Å². The molecule has 1 aromatic heterocycles. The lowest BCUT2D eigenvalue weighted by molar-refractivity contribution is -0.128. The minimum absolute atomic E-state index is 0.0536. The Hall–Kier alpha value is -2.22. The van der Waals surface area contributed by atoms with Crippen LogP contribution in [0, 0.1) is 6.92 Å². The Morgan fingerprint density at radius 2 is 1.79 bits per heavy atom. The summed E-state index contributed by atoms with van der Waals surface area (Å²) in [6, 6.07) is 7.45. The maximum atomic E-state index is 12.2. The molecule has 24 heavy (non-hydrogen) atoms. The fraction of sp³-hybridized carbons (Fsp3) is 0.438. The van der Waals surface area contributed by atoms with Crippen LogP contribution in [0.2, 0.25) is 0 Å². The highest BCUT2D eigenvalue weighted by Gasteiger charge is 2.23. The van der Waals surface area contributed by atoms with Gasteiger partial charge in [0, 0.05) is 18.7 Å². The largest absolute Gasteiger partial charge is 0.342 e. The van der Waals surface area contributed by atoms with E-state index < -0.39 is 27.3 Å². The van der Waals surface area contributed by atoms with Crippen LogP contribution in [0.15, 0.2) is 28.8 Å². The second-order valence-corrected chi connectivity index (χ2v) is 7.54. The number of benzene rings is 1. The summed E-state index contributed by atoms with van der Waals surface area (Å²) in [6.45, 7) is 6.53. The number of aromatic nitrogens is 2. The quantitative estimate of drug-likeness (QED) is 0.755. The van der Waals surface area contributed by atoms with Gasteiger partial charge in [0.15, 0.2) is 15.7 Å². The van der Waals surface area contributed by atoms with Crippen molar-refractivity contribution in [1.82, 2.24) is 15.0 Å². The number of carbonyl (C=O) groups excluding carboxylic acids is 1. The molecule has 0 radical (unpaired) electrons. The fourth-order valence-corrected chi connectivity index (χ4v) is 3.40. The van der Waals surface area contributed by atoms with Crippen LogP contribution in [-0.2, 0) is 20.4 Å². The zero-order chi connectivity index (χ0) is 17.7. The first-order valence-electron chi connectivity index (χ1n) is 7.72. The Bertz CT molecular complexity index is 793. The Balaban J connectivity index is 2.08. The van der Waals surface area contributed by atoms with E-state index in [1.54, 1.807) is 13.8 Å². The van der Waals surface area contributed by atoms with Crippen molar-refractivity contribution in [2.45, 2.75) is 26.5 Å². The summed E-state index contributed by atoms with van der Waals surface area (Å²) >= 11 is 0. The van der Waals surface area contributed by atoms with Crippen molar-refractivity contribution in [2.24, 2.45) is 0 Å². The van der Waals surface area contributed by atoms with Crippen LogP contribution in [0.4, 0.5) is 0 Å². The normalized spacial score (nSPS) is 11.5. The van der Waals surface area contributed by atoms with E-state index >= 15 is 0 Å². The second-order valence-electron chi connectivity index (χ2n) is 5.48. The summed E-state index contributed by atoms with van der Waals surface area (Å²) in [5.41, 5.74) is 1.81. The second kappa shape index (κ2) is 7.57. The molecule has 0 unspecified atom stereocenters. The number of rotatable bonds is 7. The van der Waals surface area contributed by atoms with Gasteiger partial charge in [-0.2, -0.15) is 4.98 Å². The number of hydrogen-bond donors (Lipinski definition) is 0. The molecule has 0 aliphatic heterocycles. The van der Waals surface area contributed by atoms with Crippen molar-refractivity contribution >= 4 is 15.7 Å². The maximum absolute atomic E-state index is 12.2. The molecule has 0 saturated carbocycles. The first-order valence-corrected chi connectivity index (χ1v) is 9.54. The third-order valence-corrected chi connectivity index (χ3v) is 4.96. The van der Waals surface area contributed by atoms with Gasteiger partial charge in [-0.1, -0.05) is 22.9 Å². The average molecular weight is 351 g/mol. The fourth-order valence-electron chi connectivity index (χ4n) is 2.23. The molecule has 7 nitrogen and oxygen atoms in total. The number of sulfone groups is 1. The highest BCUT2D eigenvalue weighted by molar-refractivity contribution is 7.91. The zero-order valence-electron chi connectivity index (χ0n) is 14.0. The van der Waals surface area contributed by atoms with Crippen LogP contribution >= 0.6 is 0 Å². The van der Waals surface area contributed by atoms with E-state index in [1.165, 1.54) is 4.90 Å². The van der Waals surface area contributed by atoms with Gasteiger partial charge in [-0.25, -0.2) is 8.42 Å². The summed E-state index contributed by atoms with van der Waals surface area (Å²) in [5, 5.41) is 3.70. The smallest absolute Gasteiger partial charge is 0.257 e. The van der Waals surface area contributed by atoms with Gasteiger partial charge in [0.2, 0.25) is 5.91 Å². The minimum atomic E-state index is -3.65. The van der Waals surface area contributed by atoms with Crippen LogP contribution in [-0.4, -0.2) is 48.2 Å². The molecule has 0 atom stereocenters. The number of aryl methyl sites for hydroxylation is 1. The Kier molecular flexibility index (Phi) is 5.71. The van der Waals surface area contributed by atoms with Gasteiger partial charge >= 0.3 is 0 Å². The van der Waals surface area contributed by atoms with Crippen molar-refractivity contribution in [2.75, 3.05) is 18.8 Å². The van der Waals surface area contributed by atoms with Gasteiger partial charge in [-0.05, 0) is 32.9 Å². The molecular weight excluding hydrogens is 330 g/mol. The molecule has 0 fully saturated rings. The van der Waals surface area contributed by atoms with Crippen LogP contribution < -0.4 is 0 Å². The monoisotopic (exact) mass is 351 g/mol. The van der Waals surface area contributed by atoms with E-state index in [-0.39, 0.29) is 11.7 Å². The van der Waals surface area contributed by atoms with Crippen molar-refractivity contribution in [1.29, 1.82) is 0 Å². The van der Waals surface area contributed by atoms with Crippen molar-refractivity contribution in [3.8, 4) is 11.5 Å². The van der Waals surface area contributed by atoms with E-state index in [0.29, 0.717) is 13.1 Å². The van der Waals surface area contributed by atoms with Crippen molar-refractivity contribution in [3.63, 3.8) is 0 Å². The molecule has 0 N–H and O–H groups in total. The predicted octanol–water partition coefficient (Wildman–Crippen LogP) is 1.83. The highest BCUT2D eigenvalue weighted by atomic mass is 32.2. The highest BCUT2D eigenvalue weighted by Crippen LogP contribution is 2.18. The SMILES string of the molecule is CCN(CC)C(=O)CS(=O)(=O)Cc1noc(-c2ccc(C)cc2)n1. The lowest BCUT2D eigenvalue weighted by atomic mass is 10.1. The van der Waals surface area contributed by atoms with E-state index in [9.17, 15) is 13.2 Å². The predicted molar refractivity (Wildman–Crippen MR) is 89.9 cm³/mol. The molecule has 0 saturated heterocycles. The first-order chi connectivity index (χ1) is 11.3. The molecule has 130 valence electrons. The standard InChI is InChI=1S/C16H21N3O4S/c1-4-19(5-2)15(20)11-24(21,22)10-14-17-16(23-18-14)13-8-6-12(3)7-9-13/h6-9H,4-5,10-11H2,1-3H3. The average Bonchev–Trinajstić information content (AvgIpc) is 2.96. The summed E-state index contributed by atoms with van der Waals surface area (Å²) in [5.74, 6) is -1.08. The molecule has 0 aliphatic rings. The molecule has 0 aliphatic carbocycles. The molecule has 0 spiro atoms. The van der Waals surface area contributed by atoms with E-state index in [0.717, 1.165) is 11.1 Å². The van der Waals surface area contributed by atoms with E-state index in [1.807, 2.05) is 31.2 Å². The van der Waals surface area contributed by atoms with Crippen molar-refractivity contribution < 1.29 is 17.7 Å². The number of carbonyl (C=O) groups is 1. The number of nitrogens with zero attached hydrogens (tertiary/aromatic N) is 3. The zero-order valence-corrected chi connectivity index (χ0v) is 14.8. The van der Waals surface area contributed by atoms with Gasteiger partial charge in [-0.3, -0.25) is 4.79 Å². The summed E-state index contributed by atoms with van der Waals surface area (Å²) in [4.78, 5) is 17.5. The Morgan fingerprint density at radius 3 is 2.38 bits per heavy atom. The molecule has 8 heteroatoms. The number of amides is 1. The van der Waals surface area contributed by atoms with E-state index in [2.05, 4.69) is 10.1 Å². The van der Waals surface area contributed by atoms with Gasteiger partial charge in [0.1, 0.15) is 11.5 Å². The lowest BCUT2D eigenvalue weighted by Crippen LogP contribution is -2.35. The Morgan fingerprint density at radius 1 is 1.17 bits per heavy atom. The lowest BCUT2D eigenvalue weighted by Gasteiger charge is -2.18. The maximum Gasteiger partial charge on any atom is 0.257 e. The molecule has 0 bridgehead atoms. The topological polar surface area (TPSA) is 93.4 Å². The summed E-state index contributed by atoms with van der Waals surface area (Å²) in [7, 11) is -3.65. The van der Waals surface area contributed by atoms with Crippen molar-refractivity contribution in [3.05, 3.63) is 35.7 Å². The van der Waals surface area contributed by atoms with Gasteiger partial charge in [0.05, 0.1) is 0 Å². The third kappa shape index (κ3) is 4.64. The molecule has 1 aromatic carbocycles. The van der Waals surface area contributed by atoms with Gasteiger partial charge < -0.3 is 9.42 Å². The first kappa shape index (κ1) is 18.1.